The topological polar surface area (TPSA) is 75.3 Å². The van der Waals surface area contributed by atoms with Gasteiger partial charge in [-0.1, -0.05) is 0 Å². The summed E-state index contributed by atoms with van der Waals surface area (Å²) in [6.07, 6.45) is 5.30. The van der Waals surface area contributed by atoms with E-state index >= 15 is 0 Å². The van der Waals surface area contributed by atoms with E-state index in [-0.39, 0.29) is 0 Å². The van der Waals surface area contributed by atoms with Crippen molar-refractivity contribution < 1.29 is 5.11 Å². The molecule has 0 radical (unpaired) electrons. The van der Waals surface area contributed by atoms with Crippen LogP contribution in [0, 0.1) is 6.92 Å². The Morgan fingerprint density at radius 2 is 2.35 bits per heavy atom. The zero-order chi connectivity index (χ0) is 14.2. The zero-order valence-electron chi connectivity index (χ0n) is 11.7. The van der Waals surface area contributed by atoms with Crippen LogP contribution in [-0.2, 0) is 0 Å². The number of aryl methyl sites for hydroxylation is 1. The standard InChI is InChI=1S/C15H20N4O/c1-11-7-14(12-8-17-5-3-13(12)18-11)19-6-2-4-15(20,9-16)10-19/h3,5,7-8,20H,2,4,6,9-10,16H2,1H3/t15-/m0/s1. The molecule has 2 aromatic heterocycles. The van der Waals surface area contributed by atoms with E-state index < -0.39 is 5.60 Å². The lowest BCUT2D eigenvalue weighted by atomic mass is 9.92. The Hall–Kier alpha value is -1.72. The van der Waals surface area contributed by atoms with Gasteiger partial charge in [0, 0.05) is 48.8 Å². The average molecular weight is 272 g/mol. The number of nitrogens with two attached hydrogens (primary N) is 1. The minimum atomic E-state index is -0.788. The number of piperidine rings is 1. The largest absolute Gasteiger partial charge is 0.387 e. The molecule has 0 unspecified atom stereocenters. The smallest absolute Gasteiger partial charge is 0.0943 e. The molecule has 0 saturated carbocycles. The number of rotatable bonds is 2. The molecule has 2 aromatic rings. The van der Waals surface area contributed by atoms with Crippen molar-refractivity contribution in [2.24, 2.45) is 5.73 Å². The summed E-state index contributed by atoms with van der Waals surface area (Å²) < 4.78 is 0. The maximum Gasteiger partial charge on any atom is 0.0943 e. The van der Waals surface area contributed by atoms with Gasteiger partial charge in [0.2, 0.25) is 0 Å². The predicted octanol–water partition coefficient (Wildman–Crippen LogP) is 1.23. The van der Waals surface area contributed by atoms with E-state index in [0.717, 1.165) is 41.7 Å². The van der Waals surface area contributed by atoms with Gasteiger partial charge >= 0.3 is 0 Å². The van der Waals surface area contributed by atoms with Crippen LogP contribution in [-0.4, -0.2) is 40.3 Å². The molecule has 3 rings (SSSR count). The minimum Gasteiger partial charge on any atom is -0.387 e. The van der Waals surface area contributed by atoms with Crippen molar-refractivity contribution in [1.82, 2.24) is 9.97 Å². The number of anilines is 1. The van der Waals surface area contributed by atoms with E-state index in [1.807, 2.05) is 19.2 Å². The predicted molar refractivity (Wildman–Crippen MR) is 79.7 cm³/mol. The van der Waals surface area contributed by atoms with Crippen LogP contribution < -0.4 is 10.6 Å². The molecule has 3 heterocycles. The van der Waals surface area contributed by atoms with E-state index in [1.54, 1.807) is 6.20 Å². The molecule has 1 fully saturated rings. The molecule has 1 aliphatic heterocycles. The quantitative estimate of drug-likeness (QED) is 0.860. The Balaban J connectivity index is 2.05. The minimum absolute atomic E-state index is 0.295. The van der Waals surface area contributed by atoms with E-state index in [2.05, 4.69) is 20.9 Å². The molecule has 5 nitrogen and oxygen atoms in total. The van der Waals surface area contributed by atoms with Crippen molar-refractivity contribution in [3.8, 4) is 0 Å². The maximum atomic E-state index is 10.5. The number of pyridine rings is 2. The van der Waals surface area contributed by atoms with Crippen LogP contribution >= 0.6 is 0 Å². The average Bonchev–Trinajstić information content (AvgIpc) is 2.46. The summed E-state index contributed by atoms with van der Waals surface area (Å²) in [6.45, 7) is 3.78. The summed E-state index contributed by atoms with van der Waals surface area (Å²) >= 11 is 0. The first-order valence-corrected chi connectivity index (χ1v) is 7.00. The van der Waals surface area contributed by atoms with Gasteiger partial charge in [-0.15, -0.1) is 0 Å². The lowest BCUT2D eigenvalue weighted by Crippen LogP contribution is -2.52. The van der Waals surface area contributed by atoms with E-state index in [9.17, 15) is 5.11 Å². The lowest BCUT2D eigenvalue weighted by Gasteiger charge is -2.40. The normalized spacial score (nSPS) is 23.2. The third-order valence-electron chi connectivity index (χ3n) is 3.99. The van der Waals surface area contributed by atoms with Crippen molar-refractivity contribution in [3.63, 3.8) is 0 Å². The maximum absolute atomic E-state index is 10.5. The summed E-state index contributed by atoms with van der Waals surface area (Å²) in [4.78, 5) is 10.9. The van der Waals surface area contributed by atoms with Gasteiger partial charge in [-0.25, -0.2) is 0 Å². The van der Waals surface area contributed by atoms with Gasteiger partial charge in [0.05, 0.1) is 11.1 Å². The van der Waals surface area contributed by atoms with Crippen molar-refractivity contribution in [1.29, 1.82) is 0 Å². The lowest BCUT2D eigenvalue weighted by molar-refractivity contribution is 0.0348. The van der Waals surface area contributed by atoms with Crippen molar-refractivity contribution >= 4 is 16.6 Å². The van der Waals surface area contributed by atoms with Gasteiger partial charge in [-0.05, 0) is 31.9 Å². The molecule has 5 heteroatoms. The summed E-state index contributed by atoms with van der Waals surface area (Å²) in [6, 6.07) is 3.98. The summed E-state index contributed by atoms with van der Waals surface area (Å²) in [7, 11) is 0. The Morgan fingerprint density at radius 1 is 1.50 bits per heavy atom. The van der Waals surface area contributed by atoms with E-state index in [4.69, 9.17) is 5.73 Å². The highest BCUT2D eigenvalue weighted by Crippen LogP contribution is 2.30. The molecule has 1 saturated heterocycles. The van der Waals surface area contributed by atoms with Crippen LogP contribution in [0.1, 0.15) is 18.5 Å². The Morgan fingerprint density at radius 3 is 3.15 bits per heavy atom. The summed E-state index contributed by atoms with van der Waals surface area (Å²) in [5.41, 5.74) is 7.94. The number of aliphatic hydroxyl groups is 1. The molecule has 0 aliphatic carbocycles. The highest BCUT2D eigenvalue weighted by molar-refractivity contribution is 5.91. The Bertz CT molecular complexity index is 630. The first-order valence-electron chi connectivity index (χ1n) is 7.00. The zero-order valence-corrected chi connectivity index (χ0v) is 11.7. The second-order valence-electron chi connectivity index (χ2n) is 5.63. The molecule has 0 spiro atoms. The van der Waals surface area contributed by atoms with Gasteiger partial charge in [-0.2, -0.15) is 0 Å². The molecule has 106 valence electrons. The third-order valence-corrected chi connectivity index (χ3v) is 3.99. The van der Waals surface area contributed by atoms with Crippen molar-refractivity contribution in [2.75, 3.05) is 24.5 Å². The fourth-order valence-electron chi connectivity index (χ4n) is 2.93. The van der Waals surface area contributed by atoms with Crippen LogP contribution in [0.15, 0.2) is 24.5 Å². The van der Waals surface area contributed by atoms with Crippen LogP contribution in [0.4, 0.5) is 5.69 Å². The van der Waals surface area contributed by atoms with Gasteiger partial charge in [0.25, 0.3) is 0 Å². The van der Waals surface area contributed by atoms with Gasteiger partial charge < -0.3 is 15.7 Å². The molecule has 1 atom stereocenters. The molecule has 20 heavy (non-hydrogen) atoms. The molecule has 0 aromatic carbocycles. The molecule has 0 bridgehead atoms. The molecular formula is C15H20N4O. The fraction of sp³-hybridized carbons (Fsp3) is 0.467. The van der Waals surface area contributed by atoms with Gasteiger partial charge in [0.15, 0.2) is 0 Å². The van der Waals surface area contributed by atoms with E-state index in [0.29, 0.717) is 13.1 Å². The molecular weight excluding hydrogens is 252 g/mol. The molecule has 0 amide bonds. The number of β-amino-alcohol motifs (C(OH)–C–C–N with tert-alkyl or cyclic N) is 1. The molecule has 3 N–H and O–H groups in total. The van der Waals surface area contributed by atoms with Gasteiger partial charge in [-0.3, -0.25) is 9.97 Å². The number of hydrogen-bond donors (Lipinski definition) is 2. The highest BCUT2D eigenvalue weighted by atomic mass is 16.3. The third kappa shape index (κ3) is 2.34. The SMILES string of the molecule is Cc1cc(N2CCC[C@](O)(CN)C2)c2cnccc2n1. The highest BCUT2D eigenvalue weighted by Gasteiger charge is 2.32. The van der Waals surface area contributed by atoms with E-state index in [1.165, 1.54) is 0 Å². The van der Waals surface area contributed by atoms with Crippen LogP contribution in [0.2, 0.25) is 0 Å². The van der Waals surface area contributed by atoms with Crippen molar-refractivity contribution in [2.45, 2.75) is 25.4 Å². The number of nitrogens with zero attached hydrogens (tertiary/aromatic N) is 3. The number of aromatic nitrogens is 2. The number of fused-ring (bicyclic) bond motifs is 1. The van der Waals surface area contributed by atoms with Crippen LogP contribution in [0.25, 0.3) is 10.9 Å². The number of hydrogen-bond acceptors (Lipinski definition) is 5. The summed E-state index contributed by atoms with van der Waals surface area (Å²) in [5, 5.41) is 11.5. The first-order chi connectivity index (χ1) is 9.61. The van der Waals surface area contributed by atoms with Crippen molar-refractivity contribution in [3.05, 3.63) is 30.2 Å². The first kappa shape index (κ1) is 13.3. The molecule has 1 aliphatic rings. The van der Waals surface area contributed by atoms with Crippen LogP contribution in [0.3, 0.4) is 0 Å². The second-order valence-corrected chi connectivity index (χ2v) is 5.63. The summed E-state index contributed by atoms with van der Waals surface area (Å²) in [5.74, 6) is 0. The Labute approximate surface area is 118 Å². The Kier molecular flexibility index (Phi) is 3.31. The monoisotopic (exact) mass is 272 g/mol. The fourth-order valence-corrected chi connectivity index (χ4v) is 2.93. The second kappa shape index (κ2) is 5.00. The van der Waals surface area contributed by atoms with Gasteiger partial charge in [0.1, 0.15) is 0 Å². The van der Waals surface area contributed by atoms with Crippen LogP contribution in [0.5, 0.6) is 0 Å².